The molecule has 0 bridgehead atoms. The Hall–Kier alpha value is -2.09. The molecule has 1 unspecified atom stereocenters. The van der Waals surface area contributed by atoms with Crippen molar-refractivity contribution in [1.29, 1.82) is 0 Å². The van der Waals surface area contributed by atoms with Crippen molar-refractivity contribution in [2.45, 2.75) is 19.6 Å². The summed E-state index contributed by atoms with van der Waals surface area (Å²) in [6, 6.07) is 5.11. The largest absolute Gasteiger partial charge is 0.416 e. The normalized spacial score (nSPS) is 19.8. The summed E-state index contributed by atoms with van der Waals surface area (Å²) in [6.45, 7) is 3.12. The predicted octanol–water partition coefficient (Wildman–Crippen LogP) is 1.47. The van der Waals surface area contributed by atoms with Gasteiger partial charge in [0.05, 0.1) is 11.5 Å². The monoisotopic (exact) mass is 343 g/mol. The second-order valence-electron chi connectivity index (χ2n) is 6.00. The molecule has 0 radical (unpaired) electrons. The Labute approximate surface area is 138 Å². The number of carbonyl (C=O) groups is 2. The van der Waals surface area contributed by atoms with Crippen molar-refractivity contribution in [3.8, 4) is 0 Å². The average molecular weight is 343 g/mol. The van der Waals surface area contributed by atoms with Crippen LogP contribution in [0.1, 0.15) is 18.1 Å². The summed E-state index contributed by atoms with van der Waals surface area (Å²) in [5.41, 5.74) is 5.19. The van der Waals surface area contributed by atoms with Crippen LogP contribution in [0.3, 0.4) is 0 Å². The fourth-order valence-electron chi connectivity index (χ4n) is 2.79. The summed E-state index contributed by atoms with van der Waals surface area (Å²) >= 11 is 0. The third kappa shape index (κ3) is 4.70. The lowest BCUT2D eigenvalue weighted by Crippen LogP contribution is -2.39. The van der Waals surface area contributed by atoms with Crippen LogP contribution < -0.4 is 5.73 Å². The Balaban J connectivity index is 2.14. The number of nitrogens with two attached hydrogens (primary N) is 1. The van der Waals surface area contributed by atoms with E-state index >= 15 is 0 Å². The summed E-state index contributed by atoms with van der Waals surface area (Å²) < 4.78 is 38.4. The van der Waals surface area contributed by atoms with Crippen molar-refractivity contribution in [1.82, 2.24) is 9.80 Å². The van der Waals surface area contributed by atoms with Gasteiger partial charge >= 0.3 is 6.18 Å². The number of hydrogen-bond donors (Lipinski definition) is 1. The summed E-state index contributed by atoms with van der Waals surface area (Å²) in [7, 11) is 0. The molecule has 132 valence electrons. The number of halogens is 3. The molecule has 1 saturated heterocycles. The van der Waals surface area contributed by atoms with Gasteiger partial charge in [-0.05, 0) is 11.6 Å². The summed E-state index contributed by atoms with van der Waals surface area (Å²) in [5.74, 6) is -1.21. The van der Waals surface area contributed by atoms with E-state index in [9.17, 15) is 22.8 Å². The van der Waals surface area contributed by atoms with Crippen molar-refractivity contribution < 1.29 is 22.8 Å². The fraction of sp³-hybridized carbons (Fsp3) is 0.500. The second kappa shape index (κ2) is 7.21. The first kappa shape index (κ1) is 18.3. The van der Waals surface area contributed by atoms with Crippen molar-refractivity contribution in [3.63, 3.8) is 0 Å². The highest BCUT2D eigenvalue weighted by Gasteiger charge is 2.31. The highest BCUT2D eigenvalue weighted by atomic mass is 19.4. The van der Waals surface area contributed by atoms with Crippen LogP contribution in [0.5, 0.6) is 0 Å². The Morgan fingerprint density at radius 1 is 1.25 bits per heavy atom. The third-order valence-corrected chi connectivity index (χ3v) is 4.11. The molecule has 2 rings (SSSR count). The van der Waals surface area contributed by atoms with Gasteiger partial charge in [0.25, 0.3) is 0 Å². The second-order valence-corrected chi connectivity index (χ2v) is 6.00. The molecular formula is C16H20F3N3O2. The molecule has 1 fully saturated rings. The zero-order valence-electron chi connectivity index (χ0n) is 13.3. The third-order valence-electron chi connectivity index (χ3n) is 4.11. The number of rotatable bonds is 3. The molecule has 1 aromatic rings. The van der Waals surface area contributed by atoms with Crippen LogP contribution in [-0.2, 0) is 22.3 Å². The lowest BCUT2D eigenvalue weighted by Gasteiger charge is -2.22. The maximum absolute atomic E-state index is 12.8. The summed E-state index contributed by atoms with van der Waals surface area (Å²) in [4.78, 5) is 26.5. The first-order valence-electron chi connectivity index (χ1n) is 7.60. The van der Waals surface area contributed by atoms with Gasteiger partial charge in [0.1, 0.15) is 0 Å². The molecule has 5 nitrogen and oxygen atoms in total. The minimum absolute atomic E-state index is 0.151. The van der Waals surface area contributed by atoms with Crippen LogP contribution in [0.15, 0.2) is 24.3 Å². The molecule has 1 aliphatic rings. The van der Waals surface area contributed by atoms with Crippen LogP contribution in [0.4, 0.5) is 13.2 Å². The summed E-state index contributed by atoms with van der Waals surface area (Å²) in [6.07, 6.45) is -4.39. The van der Waals surface area contributed by atoms with Crippen LogP contribution in [0.2, 0.25) is 0 Å². The van der Waals surface area contributed by atoms with E-state index in [0.29, 0.717) is 25.2 Å². The molecule has 1 atom stereocenters. The van der Waals surface area contributed by atoms with E-state index in [1.54, 1.807) is 11.0 Å². The first-order chi connectivity index (χ1) is 11.2. The Kier molecular flexibility index (Phi) is 5.48. The maximum atomic E-state index is 12.8. The smallest absolute Gasteiger partial charge is 0.369 e. The molecule has 1 aromatic carbocycles. The van der Waals surface area contributed by atoms with Crippen molar-refractivity contribution >= 4 is 11.8 Å². The van der Waals surface area contributed by atoms with Gasteiger partial charge < -0.3 is 10.6 Å². The molecule has 0 spiro atoms. The van der Waals surface area contributed by atoms with Gasteiger partial charge in [-0.15, -0.1) is 0 Å². The highest BCUT2D eigenvalue weighted by Crippen LogP contribution is 2.29. The maximum Gasteiger partial charge on any atom is 0.416 e. The van der Waals surface area contributed by atoms with E-state index in [2.05, 4.69) is 0 Å². The highest BCUT2D eigenvalue weighted by molar-refractivity contribution is 5.79. The minimum atomic E-state index is -4.39. The zero-order valence-corrected chi connectivity index (χ0v) is 13.3. The molecule has 0 saturated carbocycles. The number of nitrogens with zero attached hydrogens (tertiary/aromatic N) is 2. The van der Waals surface area contributed by atoms with Gasteiger partial charge in [0.2, 0.25) is 11.8 Å². The lowest BCUT2D eigenvalue weighted by molar-refractivity contribution is -0.137. The van der Waals surface area contributed by atoms with Crippen molar-refractivity contribution in [2.24, 2.45) is 11.7 Å². The molecular weight excluding hydrogens is 323 g/mol. The molecule has 8 heteroatoms. The van der Waals surface area contributed by atoms with Gasteiger partial charge in [-0.1, -0.05) is 18.2 Å². The van der Waals surface area contributed by atoms with Gasteiger partial charge in [0.15, 0.2) is 0 Å². The average Bonchev–Trinajstić information content (AvgIpc) is 2.69. The van der Waals surface area contributed by atoms with Crippen LogP contribution in [0.25, 0.3) is 0 Å². The molecule has 2 amide bonds. The number of carbonyl (C=O) groups excluding carboxylic acids is 2. The molecule has 0 aliphatic carbocycles. The summed E-state index contributed by atoms with van der Waals surface area (Å²) in [5, 5.41) is 0. The number of primary amides is 1. The minimum Gasteiger partial charge on any atom is -0.369 e. The predicted molar refractivity (Wildman–Crippen MR) is 81.7 cm³/mol. The van der Waals surface area contributed by atoms with Crippen molar-refractivity contribution in [2.75, 3.05) is 26.2 Å². The Morgan fingerprint density at radius 3 is 2.54 bits per heavy atom. The van der Waals surface area contributed by atoms with Crippen LogP contribution in [-0.4, -0.2) is 47.8 Å². The SMILES string of the molecule is CC(=O)N1CCN(Cc2cccc(C(F)(F)F)c2)CC(C(N)=O)C1. The molecule has 24 heavy (non-hydrogen) atoms. The first-order valence-corrected chi connectivity index (χ1v) is 7.60. The van der Waals surface area contributed by atoms with Gasteiger partial charge in [-0.3, -0.25) is 14.5 Å². The van der Waals surface area contributed by atoms with Crippen LogP contribution >= 0.6 is 0 Å². The number of hydrogen-bond acceptors (Lipinski definition) is 3. The molecule has 1 aliphatic heterocycles. The zero-order chi connectivity index (χ0) is 17.9. The van der Waals surface area contributed by atoms with E-state index in [4.69, 9.17) is 5.73 Å². The number of alkyl halides is 3. The standard InChI is InChI=1S/C16H20F3N3O2/c1-11(23)22-6-5-21(9-13(10-22)15(20)24)8-12-3-2-4-14(7-12)16(17,18)19/h2-4,7,13H,5-6,8-10H2,1H3,(H2,20,24). The number of amides is 2. The van der Waals surface area contributed by atoms with E-state index in [1.807, 2.05) is 4.90 Å². The van der Waals surface area contributed by atoms with Crippen molar-refractivity contribution in [3.05, 3.63) is 35.4 Å². The fourth-order valence-corrected chi connectivity index (χ4v) is 2.79. The van der Waals surface area contributed by atoms with Gasteiger partial charge in [-0.25, -0.2) is 0 Å². The van der Waals surface area contributed by atoms with E-state index < -0.39 is 23.6 Å². The lowest BCUT2D eigenvalue weighted by atomic mass is 10.1. The Morgan fingerprint density at radius 2 is 1.96 bits per heavy atom. The quantitative estimate of drug-likeness (QED) is 0.904. The Bertz CT molecular complexity index is 619. The van der Waals surface area contributed by atoms with Gasteiger partial charge in [0, 0.05) is 39.6 Å². The topological polar surface area (TPSA) is 66.6 Å². The van der Waals surface area contributed by atoms with Crippen LogP contribution in [0, 0.1) is 5.92 Å². The van der Waals surface area contributed by atoms with Gasteiger partial charge in [-0.2, -0.15) is 13.2 Å². The van der Waals surface area contributed by atoms with E-state index in [0.717, 1.165) is 12.1 Å². The van der Waals surface area contributed by atoms with E-state index in [-0.39, 0.29) is 19.0 Å². The molecule has 2 N–H and O–H groups in total. The van der Waals surface area contributed by atoms with E-state index in [1.165, 1.54) is 13.0 Å². The molecule has 0 aromatic heterocycles. The molecule has 1 heterocycles. The number of benzene rings is 1.